The van der Waals surface area contributed by atoms with Crippen LogP contribution in [0, 0.1) is 28.6 Å². The minimum Gasteiger partial charge on any atom is -0.380 e. The summed E-state index contributed by atoms with van der Waals surface area (Å²) in [7, 11) is 0. The molecule has 1 amide bonds. The number of ether oxygens (including phenoxy) is 1. The van der Waals surface area contributed by atoms with E-state index in [9.17, 15) is 4.79 Å². The molecule has 4 aliphatic heterocycles. The molecule has 3 saturated carbocycles. The fraction of sp³-hybridized carbons (Fsp3) is 0.966. The molecule has 4 N–H and O–H groups in total. The molecule has 37 heavy (non-hydrogen) atoms. The van der Waals surface area contributed by atoms with E-state index in [0.717, 1.165) is 52.0 Å². The summed E-state index contributed by atoms with van der Waals surface area (Å²) in [6.45, 7) is 8.43. The maximum absolute atomic E-state index is 13.6. The molecule has 0 aromatic rings. The summed E-state index contributed by atoms with van der Waals surface area (Å²) >= 11 is 0. The maximum atomic E-state index is 13.6. The molecule has 7 unspecified atom stereocenters. The molecule has 208 valence electrons. The second kappa shape index (κ2) is 10.0. The zero-order valence-corrected chi connectivity index (χ0v) is 22.8. The van der Waals surface area contributed by atoms with E-state index in [1.165, 1.54) is 58.0 Å². The van der Waals surface area contributed by atoms with E-state index in [1.54, 1.807) is 0 Å². The SMILES string of the molecule is CC1CONC1CC1(C2CCCC(NC(=O)C3CC(CN4CCC5(CC5)C4)NC(C4CC4)N3)C2)COC1. The second-order valence-electron chi connectivity index (χ2n) is 14.3. The maximum Gasteiger partial charge on any atom is 0.237 e. The lowest BCUT2D eigenvalue weighted by Crippen LogP contribution is -2.65. The Morgan fingerprint density at radius 3 is 2.62 bits per heavy atom. The molecule has 0 radical (unpaired) electrons. The average molecular weight is 516 g/mol. The lowest BCUT2D eigenvalue weighted by Gasteiger charge is -2.51. The van der Waals surface area contributed by atoms with Crippen molar-refractivity contribution in [3.05, 3.63) is 0 Å². The van der Waals surface area contributed by atoms with Crippen LogP contribution < -0.4 is 21.4 Å². The molecule has 8 nitrogen and oxygen atoms in total. The highest BCUT2D eigenvalue weighted by Gasteiger charge is 2.50. The van der Waals surface area contributed by atoms with Crippen molar-refractivity contribution in [2.45, 2.75) is 108 Å². The van der Waals surface area contributed by atoms with Gasteiger partial charge in [0.1, 0.15) is 0 Å². The van der Waals surface area contributed by atoms with E-state index in [2.05, 4.69) is 33.3 Å². The van der Waals surface area contributed by atoms with Gasteiger partial charge < -0.3 is 19.8 Å². The van der Waals surface area contributed by atoms with Gasteiger partial charge in [-0.25, -0.2) is 0 Å². The Bertz CT molecular complexity index is 843. The van der Waals surface area contributed by atoms with Crippen molar-refractivity contribution in [3.8, 4) is 0 Å². The minimum atomic E-state index is -0.0728. The molecule has 1 spiro atoms. The van der Waals surface area contributed by atoms with Gasteiger partial charge in [0, 0.05) is 36.6 Å². The minimum absolute atomic E-state index is 0.0728. The number of hydrogen-bond acceptors (Lipinski definition) is 7. The molecule has 7 fully saturated rings. The van der Waals surface area contributed by atoms with Crippen LogP contribution in [0.1, 0.15) is 77.6 Å². The fourth-order valence-corrected chi connectivity index (χ4v) is 8.29. The van der Waals surface area contributed by atoms with Gasteiger partial charge in [0.15, 0.2) is 0 Å². The molecule has 7 aliphatic rings. The van der Waals surface area contributed by atoms with Gasteiger partial charge in [-0.05, 0) is 93.9 Å². The van der Waals surface area contributed by atoms with Crippen molar-refractivity contribution in [1.29, 1.82) is 0 Å². The highest BCUT2D eigenvalue weighted by Crippen LogP contribution is 2.52. The molecule has 4 saturated heterocycles. The van der Waals surface area contributed by atoms with Gasteiger partial charge in [0.25, 0.3) is 0 Å². The van der Waals surface area contributed by atoms with Crippen molar-refractivity contribution in [3.63, 3.8) is 0 Å². The Morgan fingerprint density at radius 2 is 1.95 bits per heavy atom. The zero-order valence-electron chi connectivity index (χ0n) is 22.8. The van der Waals surface area contributed by atoms with Gasteiger partial charge in [-0.3, -0.25) is 15.4 Å². The predicted octanol–water partition coefficient (Wildman–Crippen LogP) is 2.15. The molecule has 0 aromatic carbocycles. The highest BCUT2D eigenvalue weighted by atomic mass is 16.7. The molecule has 8 heteroatoms. The first kappa shape index (κ1) is 25.2. The first-order chi connectivity index (χ1) is 18.0. The van der Waals surface area contributed by atoms with Crippen molar-refractivity contribution in [2.75, 3.05) is 39.5 Å². The number of carbonyl (C=O) groups is 1. The molecule has 4 heterocycles. The number of nitrogens with zero attached hydrogens (tertiary/aromatic N) is 1. The van der Waals surface area contributed by atoms with Crippen LogP contribution in [0.3, 0.4) is 0 Å². The van der Waals surface area contributed by atoms with Crippen LogP contribution >= 0.6 is 0 Å². The number of rotatable bonds is 8. The van der Waals surface area contributed by atoms with Gasteiger partial charge in [0.05, 0.1) is 32.0 Å². The van der Waals surface area contributed by atoms with Crippen LogP contribution in [0.4, 0.5) is 0 Å². The lowest BCUT2D eigenvalue weighted by atomic mass is 9.63. The third kappa shape index (κ3) is 5.36. The summed E-state index contributed by atoms with van der Waals surface area (Å²) in [5, 5.41) is 11.2. The number of likely N-dealkylation sites (tertiary alicyclic amines) is 1. The Balaban J connectivity index is 0.956. The highest BCUT2D eigenvalue weighted by molar-refractivity contribution is 5.82. The normalized spacial score (nSPS) is 43.0. The van der Waals surface area contributed by atoms with Crippen molar-refractivity contribution < 1.29 is 14.4 Å². The Kier molecular flexibility index (Phi) is 6.82. The van der Waals surface area contributed by atoms with Crippen molar-refractivity contribution in [2.24, 2.45) is 28.6 Å². The number of hydroxylamine groups is 1. The Hall–Kier alpha value is -0.770. The smallest absolute Gasteiger partial charge is 0.237 e. The fourth-order valence-electron chi connectivity index (χ4n) is 8.29. The van der Waals surface area contributed by atoms with E-state index < -0.39 is 0 Å². The molecule has 0 bridgehead atoms. The molecule has 0 aromatic heterocycles. The van der Waals surface area contributed by atoms with E-state index in [4.69, 9.17) is 9.57 Å². The zero-order chi connectivity index (χ0) is 25.0. The van der Waals surface area contributed by atoms with Gasteiger partial charge in [0.2, 0.25) is 5.91 Å². The largest absolute Gasteiger partial charge is 0.380 e. The van der Waals surface area contributed by atoms with E-state index in [0.29, 0.717) is 41.4 Å². The number of nitrogens with one attached hydrogen (secondary N) is 4. The molecular formula is C29H49N5O3. The van der Waals surface area contributed by atoms with Crippen LogP contribution in [0.5, 0.6) is 0 Å². The van der Waals surface area contributed by atoms with Crippen molar-refractivity contribution in [1.82, 2.24) is 26.3 Å². The Morgan fingerprint density at radius 1 is 1.08 bits per heavy atom. The van der Waals surface area contributed by atoms with Crippen LogP contribution in [0.25, 0.3) is 0 Å². The Labute approximate surface area is 222 Å². The topological polar surface area (TPSA) is 86.9 Å². The molecule has 3 aliphatic carbocycles. The number of carbonyl (C=O) groups excluding carboxylic acids is 1. The number of hydrogen-bond donors (Lipinski definition) is 4. The molecule has 7 atom stereocenters. The lowest BCUT2D eigenvalue weighted by molar-refractivity contribution is -0.164. The third-order valence-corrected chi connectivity index (χ3v) is 11.2. The molecular weight excluding hydrogens is 466 g/mol. The summed E-state index contributed by atoms with van der Waals surface area (Å²) in [6, 6.07) is 1.04. The van der Waals surface area contributed by atoms with Gasteiger partial charge >= 0.3 is 0 Å². The van der Waals surface area contributed by atoms with E-state index in [-0.39, 0.29) is 23.4 Å². The summed E-state index contributed by atoms with van der Waals surface area (Å²) in [5.74, 6) is 2.10. The monoisotopic (exact) mass is 515 g/mol. The van der Waals surface area contributed by atoms with E-state index >= 15 is 0 Å². The quantitative estimate of drug-likeness (QED) is 0.394. The third-order valence-electron chi connectivity index (χ3n) is 11.2. The standard InChI is InChI=1S/C29H49N5O3/c1-19-15-37-33-25(19)13-29(17-36-18-29)21-3-2-4-22(11-21)31-27(35)24-12-23(30-26(32-24)20-5-6-20)14-34-10-9-28(16-34)7-8-28/h19-26,30,32-33H,2-18H2,1H3,(H,31,35). The predicted molar refractivity (Wildman–Crippen MR) is 141 cm³/mol. The van der Waals surface area contributed by atoms with Gasteiger partial charge in [-0.2, -0.15) is 5.48 Å². The van der Waals surface area contributed by atoms with Gasteiger partial charge in [-0.1, -0.05) is 13.3 Å². The van der Waals surface area contributed by atoms with Crippen LogP contribution in [-0.2, 0) is 14.4 Å². The summed E-state index contributed by atoms with van der Waals surface area (Å²) in [4.78, 5) is 21.9. The summed E-state index contributed by atoms with van der Waals surface area (Å²) in [6.07, 6.45) is 13.8. The first-order valence-corrected chi connectivity index (χ1v) is 15.5. The number of amides is 1. The first-order valence-electron chi connectivity index (χ1n) is 15.5. The second-order valence-corrected chi connectivity index (χ2v) is 14.3. The van der Waals surface area contributed by atoms with Crippen molar-refractivity contribution >= 4 is 5.91 Å². The van der Waals surface area contributed by atoms with Crippen LogP contribution in [0.15, 0.2) is 0 Å². The average Bonchev–Trinajstić information content (AvgIpc) is 3.77. The molecule has 7 rings (SSSR count). The van der Waals surface area contributed by atoms with Gasteiger partial charge in [-0.15, -0.1) is 0 Å². The summed E-state index contributed by atoms with van der Waals surface area (Å²) < 4.78 is 5.79. The van der Waals surface area contributed by atoms with Crippen LogP contribution in [-0.4, -0.2) is 80.6 Å². The van der Waals surface area contributed by atoms with E-state index in [1.807, 2.05) is 0 Å². The van der Waals surface area contributed by atoms with Crippen LogP contribution in [0.2, 0.25) is 0 Å². The summed E-state index contributed by atoms with van der Waals surface area (Å²) in [5.41, 5.74) is 4.18.